The van der Waals surface area contributed by atoms with Crippen LogP contribution in [0.1, 0.15) is 37.5 Å². The molecule has 1 aromatic heterocycles. The molecular weight excluding hydrogens is 262 g/mol. The van der Waals surface area contributed by atoms with Crippen LogP contribution in [0.3, 0.4) is 0 Å². The van der Waals surface area contributed by atoms with E-state index in [1.807, 2.05) is 11.3 Å². The molecule has 106 valence electrons. The molecule has 1 saturated carbocycles. The van der Waals surface area contributed by atoms with Crippen LogP contribution in [0.4, 0.5) is 0 Å². The van der Waals surface area contributed by atoms with Gasteiger partial charge in [-0.3, -0.25) is 0 Å². The summed E-state index contributed by atoms with van der Waals surface area (Å²) < 4.78 is 0. The Morgan fingerprint density at radius 2 is 1.85 bits per heavy atom. The number of nitrogens with one attached hydrogen (secondary N) is 1. The molecule has 1 aliphatic rings. The van der Waals surface area contributed by atoms with Crippen LogP contribution in [0.5, 0.6) is 0 Å². The van der Waals surface area contributed by atoms with E-state index < -0.39 is 0 Å². The summed E-state index contributed by atoms with van der Waals surface area (Å²) in [4.78, 5) is 2.81. The largest absolute Gasteiger partial charge is 0.309 e. The van der Waals surface area contributed by atoms with Crippen LogP contribution >= 0.6 is 11.3 Å². The van der Waals surface area contributed by atoms with Gasteiger partial charge in [0.05, 0.1) is 0 Å². The molecule has 0 saturated heterocycles. The second kappa shape index (κ2) is 6.55. The Balaban J connectivity index is 1.57. The molecule has 2 heteroatoms. The van der Waals surface area contributed by atoms with Crippen molar-refractivity contribution in [1.82, 2.24) is 5.32 Å². The topological polar surface area (TPSA) is 12.0 Å². The first-order chi connectivity index (χ1) is 9.83. The van der Waals surface area contributed by atoms with Crippen LogP contribution < -0.4 is 5.32 Å². The van der Waals surface area contributed by atoms with Gasteiger partial charge in [-0.1, -0.05) is 43.2 Å². The zero-order valence-corrected chi connectivity index (χ0v) is 13.0. The minimum atomic E-state index is 0.653. The summed E-state index contributed by atoms with van der Waals surface area (Å²) in [5.41, 5.74) is 1.33. The molecule has 1 fully saturated rings. The van der Waals surface area contributed by atoms with Gasteiger partial charge in [-0.2, -0.15) is 0 Å². The summed E-state index contributed by atoms with van der Waals surface area (Å²) in [6.45, 7) is 3.36. The predicted octanol–water partition coefficient (Wildman–Crippen LogP) is 5.08. The van der Waals surface area contributed by atoms with Gasteiger partial charge < -0.3 is 5.32 Å². The SMILES string of the molecule is C[C@@H](NCc1ccc(-c2ccccc2)s1)C1CCCC1. The maximum atomic E-state index is 3.72. The van der Waals surface area contributed by atoms with E-state index in [0.717, 1.165) is 12.5 Å². The Morgan fingerprint density at radius 1 is 1.10 bits per heavy atom. The van der Waals surface area contributed by atoms with Crippen LogP contribution in [-0.2, 0) is 6.54 Å². The highest BCUT2D eigenvalue weighted by atomic mass is 32.1. The smallest absolute Gasteiger partial charge is 0.0346 e. The molecule has 20 heavy (non-hydrogen) atoms. The van der Waals surface area contributed by atoms with E-state index in [-0.39, 0.29) is 0 Å². The number of benzene rings is 1. The van der Waals surface area contributed by atoms with Gasteiger partial charge in [0.2, 0.25) is 0 Å². The number of thiophene rings is 1. The molecule has 0 spiro atoms. The molecule has 0 unspecified atom stereocenters. The van der Waals surface area contributed by atoms with Gasteiger partial charge in [0.1, 0.15) is 0 Å². The normalized spacial score (nSPS) is 17.4. The molecule has 0 radical (unpaired) electrons. The van der Waals surface area contributed by atoms with Crippen molar-refractivity contribution in [3.63, 3.8) is 0 Å². The molecule has 0 amide bonds. The van der Waals surface area contributed by atoms with Crippen LogP contribution in [0.25, 0.3) is 10.4 Å². The lowest BCUT2D eigenvalue weighted by molar-refractivity contribution is 0.381. The van der Waals surface area contributed by atoms with E-state index in [4.69, 9.17) is 0 Å². The highest BCUT2D eigenvalue weighted by Gasteiger charge is 2.20. The number of hydrogen-bond donors (Lipinski definition) is 1. The minimum Gasteiger partial charge on any atom is -0.309 e. The summed E-state index contributed by atoms with van der Waals surface area (Å²) in [5.74, 6) is 0.892. The standard InChI is InChI=1S/C18H23NS/c1-14(15-7-5-6-8-15)19-13-17-11-12-18(20-17)16-9-3-2-4-10-16/h2-4,9-12,14-15,19H,5-8,13H2,1H3/t14-/m1/s1. The zero-order chi connectivity index (χ0) is 13.8. The first-order valence-corrected chi connectivity index (χ1v) is 8.52. The third-order valence-corrected chi connectivity index (χ3v) is 5.56. The van der Waals surface area contributed by atoms with Crippen LogP contribution in [0.15, 0.2) is 42.5 Å². The number of hydrogen-bond acceptors (Lipinski definition) is 2. The van der Waals surface area contributed by atoms with Crippen molar-refractivity contribution in [3.8, 4) is 10.4 Å². The molecule has 3 rings (SSSR count). The summed E-state index contributed by atoms with van der Waals surface area (Å²) in [6.07, 6.45) is 5.67. The fourth-order valence-corrected chi connectivity index (χ4v) is 4.08. The van der Waals surface area contributed by atoms with Crippen molar-refractivity contribution in [2.75, 3.05) is 0 Å². The quantitative estimate of drug-likeness (QED) is 0.807. The second-order valence-corrected chi connectivity index (χ2v) is 7.01. The summed E-state index contributed by atoms with van der Waals surface area (Å²) in [5, 5.41) is 3.72. The lowest BCUT2D eigenvalue weighted by Crippen LogP contribution is -2.31. The van der Waals surface area contributed by atoms with Gasteiger partial charge in [-0.25, -0.2) is 0 Å². The Hall–Kier alpha value is -1.12. The van der Waals surface area contributed by atoms with Crippen molar-refractivity contribution >= 4 is 11.3 Å². The second-order valence-electron chi connectivity index (χ2n) is 5.85. The third-order valence-electron chi connectivity index (χ3n) is 4.43. The molecular formula is C18H23NS. The van der Waals surface area contributed by atoms with Crippen molar-refractivity contribution in [2.24, 2.45) is 5.92 Å². The summed E-state index contributed by atoms with van der Waals surface area (Å²) >= 11 is 1.91. The van der Waals surface area contributed by atoms with Crippen LogP contribution in [0.2, 0.25) is 0 Å². The molecule has 1 N–H and O–H groups in total. The average Bonchev–Trinajstić information content (AvgIpc) is 3.17. The maximum absolute atomic E-state index is 3.72. The Kier molecular flexibility index (Phi) is 4.54. The van der Waals surface area contributed by atoms with Gasteiger partial charge in [0.25, 0.3) is 0 Å². The zero-order valence-electron chi connectivity index (χ0n) is 12.1. The Morgan fingerprint density at radius 3 is 2.60 bits per heavy atom. The van der Waals surface area contributed by atoms with Crippen LogP contribution in [-0.4, -0.2) is 6.04 Å². The average molecular weight is 285 g/mol. The summed E-state index contributed by atoms with van der Waals surface area (Å²) in [6, 6.07) is 15.8. The van der Waals surface area contributed by atoms with E-state index in [2.05, 4.69) is 54.7 Å². The van der Waals surface area contributed by atoms with Crippen molar-refractivity contribution in [2.45, 2.75) is 45.2 Å². The van der Waals surface area contributed by atoms with E-state index in [1.54, 1.807) is 0 Å². The van der Waals surface area contributed by atoms with Crippen LogP contribution in [0, 0.1) is 5.92 Å². The van der Waals surface area contributed by atoms with Gasteiger partial charge >= 0.3 is 0 Å². The van der Waals surface area contributed by atoms with E-state index >= 15 is 0 Å². The van der Waals surface area contributed by atoms with Gasteiger partial charge in [-0.15, -0.1) is 11.3 Å². The summed E-state index contributed by atoms with van der Waals surface area (Å²) in [7, 11) is 0. The lowest BCUT2D eigenvalue weighted by atomic mass is 10.00. The van der Waals surface area contributed by atoms with E-state index in [9.17, 15) is 0 Å². The Labute approximate surface area is 126 Å². The van der Waals surface area contributed by atoms with Crippen molar-refractivity contribution in [3.05, 3.63) is 47.3 Å². The van der Waals surface area contributed by atoms with Gasteiger partial charge in [-0.05, 0) is 43.4 Å². The molecule has 1 atom stereocenters. The molecule has 1 nitrogen and oxygen atoms in total. The molecule has 1 aromatic carbocycles. The first-order valence-electron chi connectivity index (χ1n) is 7.70. The predicted molar refractivity (Wildman–Crippen MR) is 88.0 cm³/mol. The lowest BCUT2D eigenvalue weighted by Gasteiger charge is -2.19. The molecule has 1 aliphatic carbocycles. The highest BCUT2D eigenvalue weighted by Crippen LogP contribution is 2.29. The highest BCUT2D eigenvalue weighted by molar-refractivity contribution is 7.15. The fraction of sp³-hybridized carbons (Fsp3) is 0.444. The number of rotatable bonds is 5. The van der Waals surface area contributed by atoms with Gasteiger partial charge in [0.15, 0.2) is 0 Å². The monoisotopic (exact) mass is 285 g/mol. The molecule has 0 bridgehead atoms. The van der Waals surface area contributed by atoms with E-state index in [1.165, 1.54) is 41.0 Å². The van der Waals surface area contributed by atoms with E-state index in [0.29, 0.717) is 6.04 Å². The maximum Gasteiger partial charge on any atom is 0.0346 e. The molecule has 2 aromatic rings. The minimum absolute atomic E-state index is 0.653. The molecule has 0 aliphatic heterocycles. The first kappa shape index (κ1) is 13.8. The fourth-order valence-electron chi connectivity index (χ4n) is 3.12. The Bertz CT molecular complexity index is 525. The van der Waals surface area contributed by atoms with Crippen molar-refractivity contribution < 1.29 is 0 Å². The third kappa shape index (κ3) is 3.31. The van der Waals surface area contributed by atoms with Gasteiger partial charge in [0, 0.05) is 22.3 Å². The van der Waals surface area contributed by atoms with Crippen molar-refractivity contribution in [1.29, 1.82) is 0 Å². The molecule has 1 heterocycles.